The summed E-state index contributed by atoms with van der Waals surface area (Å²) in [4.78, 5) is 16.1. The lowest BCUT2D eigenvalue weighted by atomic mass is 9.89. The molecule has 2 heterocycles. The lowest BCUT2D eigenvalue weighted by Crippen LogP contribution is -2.29. The van der Waals surface area contributed by atoms with E-state index >= 15 is 0 Å². The third-order valence-corrected chi connectivity index (χ3v) is 4.46. The van der Waals surface area contributed by atoms with Gasteiger partial charge >= 0.3 is 5.97 Å². The molecule has 1 aromatic rings. The Morgan fingerprint density at radius 2 is 1.95 bits per heavy atom. The molecule has 1 fully saturated rings. The topological polar surface area (TPSA) is 29.5 Å². The van der Waals surface area contributed by atoms with Crippen LogP contribution in [0.3, 0.4) is 0 Å². The Balaban J connectivity index is 0.000000861. The highest BCUT2D eigenvalue weighted by Crippen LogP contribution is 2.34. The molecule has 0 atom stereocenters. The second-order valence-electron chi connectivity index (χ2n) is 4.71. The molecule has 1 saturated heterocycles. The molecule has 0 radical (unpaired) electrons. The molecule has 0 N–H and O–H groups in total. The SMILES string of the molecule is CC.COC(=O)c1sc(C)cc1C1CCN(C)CC1. The van der Waals surface area contributed by atoms with Gasteiger partial charge in [-0.2, -0.15) is 0 Å². The van der Waals surface area contributed by atoms with E-state index in [9.17, 15) is 4.79 Å². The maximum atomic E-state index is 11.7. The first kappa shape index (κ1) is 16.2. The molecule has 0 saturated carbocycles. The van der Waals surface area contributed by atoms with Gasteiger partial charge < -0.3 is 9.64 Å². The minimum absolute atomic E-state index is 0.183. The summed E-state index contributed by atoms with van der Waals surface area (Å²) < 4.78 is 4.86. The Hall–Kier alpha value is -0.870. The summed E-state index contributed by atoms with van der Waals surface area (Å²) in [6.07, 6.45) is 2.27. The number of carbonyl (C=O) groups excluding carboxylic acids is 1. The normalized spacial score (nSPS) is 16.7. The van der Waals surface area contributed by atoms with E-state index in [1.54, 1.807) is 11.3 Å². The van der Waals surface area contributed by atoms with E-state index in [-0.39, 0.29) is 5.97 Å². The smallest absolute Gasteiger partial charge is 0.348 e. The Bertz CT molecular complexity index is 406. The van der Waals surface area contributed by atoms with E-state index in [4.69, 9.17) is 4.74 Å². The average Bonchev–Trinajstić information content (AvgIpc) is 2.83. The zero-order valence-electron chi connectivity index (χ0n) is 12.7. The fourth-order valence-electron chi connectivity index (χ4n) is 2.41. The lowest BCUT2D eigenvalue weighted by Gasteiger charge is -2.29. The summed E-state index contributed by atoms with van der Waals surface area (Å²) in [7, 11) is 3.60. The molecule has 1 aliphatic rings. The van der Waals surface area contributed by atoms with Gasteiger partial charge in [-0.25, -0.2) is 4.79 Å². The molecule has 108 valence electrons. The van der Waals surface area contributed by atoms with E-state index in [1.807, 2.05) is 13.8 Å². The Morgan fingerprint density at radius 1 is 1.37 bits per heavy atom. The average molecular weight is 283 g/mol. The van der Waals surface area contributed by atoms with Crippen LogP contribution in [0.2, 0.25) is 0 Å². The molecule has 0 aliphatic carbocycles. The van der Waals surface area contributed by atoms with Gasteiger partial charge in [-0.3, -0.25) is 0 Å². The van der Waals surface area contributed by atoms with Crippen LogP contribution in [0.4, 0.5) is 0 Å². The Labute approximate surface area is 120 Å². The van der Waals surface area contributed by atoms with Crippen LogP contribution < -0.4 is 0 Å². The van der Waals surface area contributed by atoms with E-state index in [0.717, 1.165) is 30.8 Å². The van der Waals surface area contributed by atoms with Crippen LogP contribution in [0.15, 0.2) is 6.07 Å². The van der Waals surface area contributed by atoms with Crippen LogP contribution in [0.25, 0.3) is 0 Å². The van der Waals surface area contributed by atoms with Gasteiger partial charge in [-0.1, -0.05) is 13.8 Å². The van der Waals surface area contributed by atoms with Crippen molar-refractivity contribution < 1.29 is 9.53 Å². The van der Waals surface area contributed by atoms with Crippen molar-refractivity contribution in [3.05, 3.63) is 21.4 Å². The number of aryl methyl sites for hydroxylation is 1. The third kappa shape index (κ3) is 4.05. The van der Waals surface area contributed by atoms with Gasteiger partial charge in [0.25, 0.3) is 0 Å². The molecular formula is C15H25NO2S. The zero-order chi connectivity index (χ0) is 14.4. The van der Waals surface area contributed by atoms with Crippen molar-refractivity contribution in [1.29, 1.82) is 0 Å². The number of ether oxygens (including phenoxy) is 1. The van der Waals surface area contributed by atoms with Crippen LogP contribution in [0.5, 0.6) is 0 Å². The summed E-state index contributed by atoms with van der Waals surface area (Å²) in [5, 5.41) is 0. The van der Waals surface area contributed by atoms with Gasteiger partial charge in [0, 0.05) is 4.88 Å². The molecule has 0 spiro atoms. The molecule has 19 heavy (non-hydrogen) atoms. The summed E-state index contributed by atoms with van der Waals surface area (Å²) >= 11 is 1.55. The third-order valence-electron chi connectivity index (χ3n) is 3.41. The van der Waals surface area contributed by atoms with Crippen molar-refractivity contribution in [1.82, 2.24) is 4.90 Å². The first-order valence-electron chi connectivity index (χ1n) is 6.99. The van der Waals surface area contributed by atoms with Gasteiger partial charge in [-0.15, -0.1) is 11.3 Å². The maximum absolute atomic E-state index is 11.7. The molecule has 0 amide bonds. The summed E-state index contributed by atoms with van der Waals surface area (Å²) in [6.45, 7) is 8.27. The highest BCUT2D eigenvalue weighted by atomic mass is 32.1. The molecule has 4 heteroatoms. The summed E-state index contributed by atoms with van der Waals surface area (Å²) in [5.74, 6) is 0.335. The quantitative estimate of drug-likeness (QED) is 0.775. The van der Waals surface area contributed by atoms with Crippen molar-refractivity contribution in [3.8, 4) is 0 Å². The standard InChI is InChI=1S/C13H19NO2S.C2H6/c1-9-8-11(12(17-9)13(15)16-3)10-4-6-14(2)7-5-10;1-2/h8,10H,4-7H2,1-3H3;1-2H3. The van der Waals surface area contributed by atoms with Gasteiger partial charge in [0.15, 0.2) is 0 Å². The lowest BCUT2D eigenvalue weighted by molar-refractivity contribution is 0.0604. The number of carbonyl (C=O) groups is 1. The summed E-state index contributed by atoms with van der Waals surface area (Å²) in [5.41, 5.74) is 1.20. The highest BCUT2D eigenvalue weighted by Gasteiger charge is 2.25. The van der Waals surface area contributed by atoms with Crippen LogP contribution >= 0.6 is 11.3 Å². The maximum Gasteiger partial charge on any atom is 0.348 e. The van der Waals surface area contributed by atoms with Crippen LogP contribution in [0, 0.1) is 6.92 Å². The molecule has 0 aromatic carbocycles. The molecule has 1 aromatic heterocycles. The van der Waals surface area contributed by atoms with Gasteiger partial charge in [0.1, 0.15) is 4.88 Å². The van der Waals surface area contributed by atoms with Crippen molar-refractivity contribution in [2.45, 2.75) is 39.5 Å². The van der Waals surface area contributed by atoms with E-state index < -0.39 is 0 Å². The number of rotatable bonds is 2. The van der Waals surface area contributed by atoms with Crippen molar-refractivity contribution in [2.24, 2.45) is 0 Å². The number of likely N-dealkylation sites (tertiary alicyclic amines) is 1. The van der Waals surface area contributed by atoms with Gasteiger partial charge in [0.05, 0.1) is 7.11 Å². The fraction of sp³-hybridized carbons (Fsp3) is 0.667. The number of piperidine rings is 1. The first-order valence-corrected chi connectivity index (χ1v) is 7.80. The predicted molar refractivity (Wildman–Crippen MR) is 81.2 cm³/mol. The number of esters is 1. The van der Waals surface area contributed by atoms with E-state index in [0.29, 0.717) is 5.92 Å². The van der Waals surface area contributed by atoms with Crippen LogP contribution in [-0.4, -0.2) is 38.1 Å². The molecular weight excluding hydrogens is 258 g/mol. The molecule has 3 nitrogen and oxygen atoms in total. The monoisotopic (exact) mass is 283 g/mol. The summed E-state index contributed by atoms with van der Waals surface area (Å²) in [6, 6.07) is 2.16. The minimum Gasteiger partial charge on any atom is -0.465 e. The van der Waals surface area contributed by atoms with Crippen LogP contribution in [-0.2, 0) is 4.74 Å². The number of methoxy groups -OCH3 is 1. The zero-order valence-corrected chi connectivity index (χ0v) is 13.5. The van der Waals surface area contributed by atoms with Crippen molar-refractivity contribution >= 4 is 17.3 Å². The van der Waals surface area contributed by atoms with E-state index in [2.05, 4.69) is 24.9 Å². The largest absolute Gasteiger partial charge is 0.465 e. The predicted octanol–water partition coefficient (Wildman–Crippen LogP) is 3.68. The van der Waals surface area contributed by atoms with Gasteiger partial charge in [-0.05, 0) is 57.5 Å². The molecule has 0 bridgehead atoms. The molecule has 0 unspecified atom stereocenters. The molecule has 1 aliphatic heterocycles. The van der Waals surface area contributed by atoms with Gasteiger partial charge in [0.2, 0.25) is 0 Å². The molecule has 2 rings (SSSR count). The first-order chi connectivity index (χ1) is 9.11. The van der Waals surface area contributed by atoms with Crippen molar-refractivity contribution in [2.75, 3.05) is 27.2 Å². The number of nitrogens with zero attached hydrogens (tertiary/aromatic N) is 1. The second-order valence-corrected chi connectivity index (χ2v) is 5.97. The van der Waals surface area contributed by atoms with Crippen LogP contribution in [0.1, 0.15) is 52.7 Å². The fourth-order valence-corrected chi connectivity index (χ4v) is 3.43. The second kappa shape index (κ2) is 7.65. The Kier molecular flexibility index (Phi) is 6.52. The minimum atomic E-state index is -0.183. The van der Waals surface area contributed by atoms with Crippen molar-refractivity contribution in [3.63, 3.8) is 0 Å². The Morgan fingerprint density at radius 3 is 2.47 bits per heavy atom. The number of hydrogen-bond acceptors (Lipinski definition) is 4. The number of hydrogen-bond donors (Lipinski definition) is 0. The highest BCUT2D eigenvalue weighted by molar-refractivity contribution is 7.14. The van der Waals surface area contributed by atoms with E-state index in [1.165, 1.54) is 17.6 Å². The number of thiophene rings is 1.